The molecule has 30 heavy (non-hydrogen) atoms. The number of fused-ring (bicyclic) bond motifs is 3. The molecule has 160 valence electrons. The van der Waals surface area contributed by atoms with Crippen LogP contribution in [0, 0.1) is 5.92 Å². The largest absolute Gasteiger partial charge is 0.480 e. The van der Waals surface area contributed by atoms with Crippen molar-refractivity contribution in [2.24, 2.45) is 10.9 Å². The van der Waals surface area contributed by atoms with Crippen molar-refractivity contribution in [1.29, 1.82) is 0 Å². The van der Waals surface area contributed by atoms with Crippen LogP contribution in [-0.4, -0.2) is 49.9 Å². The Hall–Kier alpha value is -2.48. The minimum absolute atomic E-state index is 0.0397. The molecule has 0 spiro atoms. The highest BCUT2D eigenvalue weighted by molar-refractivity contribution is 8.14. The number of hydrogen-bond acceptors (Lipinski definition) is 5. The van der Waals surface area contributed by atoms with E-state index in [4.69, 9.17) is 0 Å². The average Bonchev–Trinajstić information content (AvgIpc) is 2.81. The summed E-state index contributed by atoms with van der Waals surface area (Å²) in [5, 5.41) is 8.84. The van der Waals surface area contributed by atoms with E-state index in [1.165, 1.54) is 11.8 Å². The van der Waals surface area contributed by atoms with E-state index in [0.29, 0.717) is 19.3 Å². The molecule has 1 aromatic rings. The molecule has 8 heteroatoms. The number of amides is 2. The summed E-state index contributed by atoms with van der Waals surface area (Å²) in [7, 11) is 0. The van der Waals surface area contributed by atoms with Crippen LogP contribution in [0.25, 0.3) is 0 Å². The lowest BCUT2D eigenvalue weighted by molar-refractivity contribution is -0.152. The lowest BCUT2D eigenvalue weighted by atomic mass is 9.89. The Balaban J connectivity index is 2.06. The summed E-state index contributed by atoms with van der Waals surface area (Å²) < 4.78 is 0. The molecule has 2 aliphatic rings. The Morgan fingerprint density at radius 1 is 1.20 bits per heavy atom. The average molecular weight is 431 g/mol. The summed E-state index contributed by atoms with van der Waals surface area (Å²) in [5.41, 5.74) is 1.82. The standard InChI is InChI=1S/C22H26N2O5S/c1-12(2)19(30-13(3)25)20(26)23-16-11-14-7-4-5-8-15(14)17-9-6-10-18(22(28)29)24(17)21(16)27/h4-5,7-8,12,17-19H,6,9-11H2,1-3H3,(H,28,29)/t17-,18+,19+/m1/s1. The Kier molecular flexibility index (Phi) is 6.75. The van der Waals surface area contributed by atoms with Gasteiger partial charge in [0.25, 0.3) is 11.8 Å². The molecule has 7 nitrogen and oxygen atoms in total. The number of rotatable bonds is 4. The number of piperidine rings is 1. The number of carbonyl (C=O) groups excluding carboxylic acids is 3. The molecule has 3 rings (SSSR count). The fourth-order valence-corrected chi connectivity index (χ4v) is 4.97. The van der Waals surface area contributed by atoms with E-state index in [1.54, 1.807) is 0 Å². The number of carboxylic acids is 1. The van der Waals surface area contributed by atoms with Crippen molar-refractivity contribution in [3.63, 3.8) is 0 Å². The minimum Gasteiger partial charge on any atom is -0.480 e. The molecule has 0 unspecified atom stereocenters. The topological polar surface area (TPSA) is 104 Å². The van der Waals surface area contributed by atoms with E-state index >= 15 is 0 Å². The molecule has 0 radical (unpaired) electrons. The second kappa shape index (κ2) is 9.12. The van der Waals surface area contributed by atoms with Gasteiger partial charge in [0.15, 0.2) is 5.12 Å². The van der Waals surface area contributed by atoms with Crippen LogP contribution in [0.1, 0.15) is 57.2 Å². The second-order valence-corrected chi connectivity index (χ2v) is 9.38. The van der Waals surface area contributed by atoms with E-state index in [0.717, 1.165) is 22.9 Å². The molecule has 1 saturated heterocycles. The Labute approximate surface area is 179 Å². The normalized spacial score (nSPS) is 23.5. The van der Waals surface area contributed by atoms with Crippen LogP contribution in [0.15, 0.2) is 29.3 Å². The molecule has 1 fully saturated rings. The quantitative estimate of drug-likeness (QED) is 0.787. The van der Waals surface area contributed by atoms with Gasteiger partial charge in [0.05, 0.1) is 11.3 Å². The molecule has 1 aromatic carbocycles. The zero-order valence-electron chi connectivity index (χ0n) is 17.3. The predicted molar refractivity (Wildman–Crippen MR) is 114 cm³/mol. The van der Waals surface area contributed by atoms with Gasteiger partial charge in [-0.25, -0.2) is 9.79 Å². The van der Waals surface area contributed by atoms with Gasteiger partial charge in [0, 0.05) is 13.3 Å². The van der Waals surface area contributed by atoms with Crippen LogP contribution >= 0.6 is 11.8 Å². The number of carboxylic acid groups (broad SMARTS) is 1. The van der Waals surface area contributed by atoms with Gasteiger partial charge >= 0.3 is 5.97 Å². The number of nitrogens with zero attached hydrogens (tertiary/aromatic N) is 2. The highest BCUT2D eigenvalue weighted by Gasteiger charge is 2.43. The van der Waals surface area contributed by atoms with E-state index in [2.05, 4.69) is 4.99 Å². The van der Waals surface area contributed by atoms with E-state index in [-0.39, 0.29) is 29.2 Å². The zero-order chi connectivity index (χ0) is 22.0. The summed E-state index contributed by atoms with van der Waals surface area (Å²) in [5.74, 6) is -2.23. The van der Waals surface area contributed by atoms with E-state index in [9.17, 15) is 24.3 Å². The monoisotopic (exact) mass is 430 g/mol. The van der Waals surface area contributed by atoms with Gasteiger partial charge < -0.3 is 10.0 Å². The van der Waals surface area contributed by atoms with Gasteiger partial charge in [-0.2, -0.15) is 0 Å². The maximum Gasteiger partial charge on any atom is 0.326 e. The molecule has 0 aromatic heterocycles. The molecule has 2 aliphatic heterocycles. The van der Waals surface area contributed by atoms with Crippen molar-refractivity contribution in [2.75, 3.05) is 0 Å². The molecule has 3 atom stereocenters. The SMILES string of the molecule is CC(=O)S[C@H](C(=O)N=C1Cc2ccccc2[C@H]2CCC[C@@H](C(=O)O)N2C1=O)C(C)C. The first kappa shape index (κ1) is 22.2. The van der Waals surface area contributed by atoms with Gasteiger partial charge in [-0.05, 0) is 36.3 Å². The fourth-order valence-electron chi connectivity index (χ4n) is 4.19. The van der Waals surface area contributed by atoms with Crippen LogP contribution < -0.4 is 0 Å². The van der Waals surface area contributed by atoms with E-state index < -0.39 is 29.1 Å². The summed E-state index contributed by atoms with van der Waals surface area (Å²) in [6.07, 6.45) is 1.91. The first-order chi connectivity index (χ1) is 14.2. The highest BCUT2D eigenvalue weighted by Crippen LogP contribution is 2.38. The van der Waals surface area contributed by atoms with Crippen LogP contribution in [0.3, 0.4) is 0 Å². The molecule has 2 amide bonds. The van der Waals surface area contributed by atoms with Gasteiger partial charge in [0.2, 0.25) is 0 Å². The molecule has 0 saturated carbocycles. The molecule has 0 aliphatic carbocycles. The Bertz CT molecular complexity index is 911. The van der Waals surface area contributed by atoms with E-state index in [1.807, 2.05) is 38.1 Å². The third-order valence-corrected chi connectivity index (χ3v) is 6.88. The number of carbonyl (C=O) groups is 4. The maximum atomic E-state index is 13.4. The summed E-state index contributed by atoms with van der Waals surface area (Å²) in [4.78, 5) is 55.3. The van der Waals surface area contributed by atoms with Crippen molar-refractivity contribution in [3.05, 3.63) is 35.4 Å². The smallest absolute Gasteiger partial charge is 0.326 e. The van der Waals surface area contributed by atoms with Crippen molar-refractivity contribution in [3.8, 4) is 0 Å². The molecular weight excluding hydrogens is 404 g/mol. The predicted octanol–water partition coefficient (Wildman–Crippen LogP) is 3.02. The fraction of sp³-hybridized carbons (Fsp3) is 0.500. The van der Waals surface area contributed by atoms with Crippen LogP contribution in [0.4, 0.5) is 0 Å². The first-order valence-electron chi connectivity index (χ1n) is 10.1. The molecule has 1 N–H and O–H groups in total. The van der Waals surface area contributed by atoms with Crippen LogP contribution in [0.5, 0.6) is 0 Å². The number of benzene rings is 1. The van der Waals surface area contributed by atoms with Gasteiger partial charge in [-0.15, -0.1) is 0 Å². The highest BCUT2D eigenvalue weighted by atomic mass is 32.2. The third kappa shape index (κ3) is 4.48. The van der Waals surface area contributed by atoms with Gasteiger partial charge in [-0.1, -0.05) is 49.9 Å². The lowest BCUT2D eigenvalue weighted by Gasteiger charge is -2.39. The summed E-state index contributed by atoms with van der Waals surface area (Å²) >= 11 is 0.910. The minimum atomic E-state index is -1.05. The second-order valence-electron chi connectivity index (χ2n) is 8.06. The third-order valence-electron chi connectivity index (χ3n) is 5.55. The number of thioether (sulfide) groups is 1. The Morgan fingerprint density at radius 3 is 2.53 bits per heavy atom. The molecular formula is C22H26N2O5S. The van der Waals surface area contributed by atoms with Crippen molar-refractivity contribution in [1.82, 2.24) is 4.90 Å². The van der Waals surface area contributed by atoms with Crippen molar-refractivity contribution < 1.29 is 24.3 Å². The molecule has 0 bridgehead atoms. The number of aliphatic carboxylic acids is 1. The van der Waals surface area contributed by atoms with Crippen LogP contribution in [0.2, 0.25) is 0 Å². The maximum absolute atomic E-state index is 13.4. The summed E-state index contributed by atoms with van der Waals surface area (Å²) in [6, 6.07) is 6.24. The summed E-state index contributed by atoms with van der Waals surface area (Å²) in [6.45, 7) is 5.04. The number of aliphatic imine (C=N–C) groups is 1. The van der Waals surface area contributed by atoms with Crippen LogP contribution in [-0.2, 0) is 25.6 Å². The lowest BCUT2D eigenvalue weighted by Crippen LogP contribution is -2.51. The molecule has 2 heterocycles. The van der Waals surface area contributed by atoms with Gasteiger partial charge in [-0.3, -0.25) is 14.4 Å². The number of hydrogen-bond donors (Lipinski definition) is 1. The Morgan fingerprint density at radius 2 is 1.90 bits per heavy atom. The van der Waals surface area contributed by atoms with Crippen molar-refractivity contribution >= 4 is 40.4 Å². The first-order valence-corrected chi connectivity index (χ1v) is 11.0. The zero-order valence-corrected chi connectivity index (χ0v) is 18.1. The van der Waals surface area contributed by atoms with Crippen molar-refractivity contribution in [2.45, 2.75) is 63.8 Å². The van der Waals surface area contributed by atoms with Gasteiger partial charge in [0.1, 0.15) is 11.8 Å².